The van der Waals surface area contributed by atoms with Gasteiger partial charge in [-0.3, -0.25) is 0 Å². The lowest BCUT2D eigenvalue weighted by Gasteiger charge is -2.40. The number of amides is 1. The van der Waals surface area contributed by atoms with E-state index in [4.69, 9.17) is 4.74 Å². The third-order valence-corrected chi connectivity index (χ3v) is 3.70. The molecule has 1 aliphatic rings. The van der Waals surface area contributed by atoms with Crippen LogP contribution in [-0.4, -0.2) is 52.2 Å². The molecule has 116 valence electrons. The topological polar surface area (TPSA) is 58.6 Å². The number of aromatic nitrogens is 2. The number of carbonyl (C=O) groups is 1. The Bertz CT molecular complexity index is 501. The van der Waals surface area contributed by atoms with E-state index in [0.29, 0.717) is 25.6 Å². The van der Waals surface area contributed by atoms with E-state index >= 15 is 0 Å². The first-order chi connectivity index (χ1) is 9.76. The second kappa shape index (κ2) is 6.33. The fourth-order valence-electron chi connectivity index (χ4n) is 2.20. The summed E-state index contributed by atoms with van der Waals surface area (Å²) in [4.78, 5) is 24.7. The molecule has 2 heterocycles. The Morgan fingerprint density at radius 2 is 1.95 bits per heavy atom. The van der Waals surface area contributed by atoms with Gasteiger partial charge in [-0.2, -0.15) is 0 Å². The number of piperazine rings is 1. The van der Waals surface area contributed by atoms with Gasteiger partial charge in [0.05, 0.1) is 0 Å². The number of anilines is 1. The van der Waals surface area contributed by atoms with Crippen LogP contribution in [0.5, 0.6) is 0 Å². The summed E-state index contributed by atoms with van der Waals surface area (Å²) in [6, 6.07) is 0.159. The van der Waals surface area contributed by atoms with Gasteiger partial charge >= 0.3 is 6.09 Å². The molecule has 6 nitrogen and oxygen atoms in total. The molecule has 0 aromatic carbocycles. The molecule has 0 bridgehead atoms. The maximum Gasteiger partial charge on any atom is 0.410 e. The van der Waals surface area contributed by atoms with Gasteiger partial charge in [-0.05, 0) is 50.3 Å². The minimum Gasteiger partial charge on any atom is -0.444 e. The average Bonchev–Trinajstić information content (AvgIpc) is 2.38. The normalized spacial score (nSPS) is 19.6. The van der Waals surface area contributed by atoms with Crippen molar-refractivity contribution in [3.63, 3.8) is 0 Å². The minimum atomic E-state index is -0.462. The van der Waals surface area contributed by atoms with E-state index in [2.05, 4.69) is 44.4 Å². The van der Waals surface area contributed by atoms with E-state index in [0.717, 1.165) is 3.57 Å². The molecule has 7 heteroatoms. The fourth-order valence-corrected chi connectivity index (χ4v) is 2.48. The van der Waals surface area contributed by atoms with Crippen LogP contribution in [-0.2, 0) is 4.74 Å². The zero-order chi connectivity index (χ0) is 15.6. The molecule has 21 heavy (non-hydrogen) atoms. The Balaban J connectivity index is 1.99. The molecule has 0 N–H and O–H groups in total. The highest BCUT2D eigenvalue weighted by atomic mass is 127. The van der Waals surface area contributed by atoms with Crippen molar-refractivity contribution in [3.05, 3.63) is 16.0 Å². The molecule has 0 aliphatic carbocycles. The highest BCUT2D eigenvalue weighted by Gasteiger charge is 2.30. The summed E-state index contributed by atoms with van der Waals surface area (Å²) < 4.78 is 6.43. The summed E-state index contributed by atoms with van der Waals surface area (Å²) in [6.07, 6.45) is 3.35. The van der Waals surface area contributed by atoms with Crippen LogP contribution < -0.4 is 4.90 Å². The van der Waals surface area contributed by atoms with Crippen molar-refractivity contribution in [1.82, 2.24) is 14.9 Å². The molecule has 0 unspecified atom stereocenters. The van der Waals surface area contributed by atoms with Gasteiger partial charge in [-0.25, -0.2) is 14.8 Å². The Kier molecular flexibility index (Phi) is 4.90. The zero-order valence-corrected chi connectivity index (χ0v) is 15.0. The van der Waals surface area contributed by atoms with Crippen molar-refractivity contribution >= 4 is 34.6 Å². The predicted molar refractivity (Wildman–Crippen MR) is 89.4 cm³/mol. The van der Waals surface area contributed by atoms with E-state index in [9.17, 15) is 4.79 Å². The number of carbonyl (C=O) groups excluding carboxylic acids is 1. The van der Waals surface area contributed by atoms with Crippen LogP contribution in [0, 0.1) is 3.57 Å². The number of nitrogens with zero attached hydrogens (tertiary/aromatic N) is 4. The maximum atomic E-state index is 12.1. The molecule has 1 saturated heterocycles. The summed E-state index contributed by atoms with van der Waals surface area (Å²) in [6.45, 7) is 9.65. The van der Waals surface area contributed by atoms with Crippen molar-refractivity contribution in [2.24, 2.45) is 0 Å². The monoisotopic (exact) mass is 404 g/mol. The van der Waals surface area contributed by atoms with Gasteiger partial charge in [0.1, 0.15) is 5.60 Å². The third-order valence-electron chi connectivity index (χ3n) is 3.14. The molecule has 0 spiro atoms. The maximum absolute atomic E-state index is 12.1. The summed E-state index contributed by atoms with van der Waals surface area (Å²) in [7, 11) is 0. The molecule has 2 rings (SSSR count). The van der Waals surface area contributed by atoms with Gasteiger partial charge in [0.25, 0.3) is 0 Å². The minimum absolute atomic E-state index is 0.159. The largest absolute Gasteiger partial charge is 0.444 e. The summed E-state index contributed by atoms with van der Waals surface area (Å²) in [5.74, 6) is 0.715. The lowest BCUT2D eigenvalue weighted by Crippen LogP contribution is -2.55. The molecule has 1 aromatic heterocycles. The van der Waals surface area contributed by atoms with E-state index in [1.807, 2.05) is 20.8 Å². The van der Waals surface area contributed by atoms with Gasteiger partial charge in [-0.15, -0.1) is 0 Å². The molecule has 1 atom stereocenters. The first kappa shape index (κ1) is 16.3. The first-order valence-electron chi connectivity index (χ1n) is 6.98. The van der Waals surface area contributed by atoms with Crippen LogP contribution in [0.15, 0.2) is 12.4 Å². The van der Waals surface area contributed by atoms with Crippen molar-refractivity contribution in [1.29, 1.82) is 0 Å². The fraction of sp³-hybridized carbons (Fsp3) is 0.643. The van der Waals surface area contributed by atoms with Crippen LogP contribution in [0.1, 0.15) is 27.7 Å². The lowest BCUT2D eigenvalue weighted by atomic mass is 10.2. The van der Waals surface area contributed by atoms with Gasteiger partial charge in [0, 0.05) is 41.6 Å². The smallest absolute Gasteiger partial charge is 0.410 e. The van der Waals surface area contributed by atoms with E-state index in [-0.39, 0.29) is 12.1 Å². The molecule has 1 aliphatic heterocycles. The third kappa shape index (κ3) is 4.42. The number of hydrogen-bond acceptors (Lipinski definition) is 5. The SMILES string of the molecule is C[C@@H]1CN(C(=O)OC(C)(C)C)CCN1c1ncc(I)cn1. The van der Waals surface area contributed by atoms with E-state index in [1.54, 1.807) is 17.3 Å². The zero-order valence-electron chi connectivity index (χ0n) is 12.8. The molecular weight excluding hydrogens is 383 g/mol. The quantitative estimate of drug-likeness (QED) is 0.674. The molecule has 0 saturated carbocycles. The van der Waals surface area contributed by atoms with Crippen LogP contribution >= 0.6 is 22.6 Å². The average molecular weight is 404 g/mol. The molecule has 0 radical (unpaired) electrons. The van der Waals surface area contributed by atoms with Crippen LogP contribution in [0.4, 0.5) is 10.7 Å². The Labute approximate surface area is 139 Å². The van der Waals surface area contributed by atoms with Gasteiger partial charge in [0.15, 0.2) is 0 Å². The molecule has 1 aromatic rings. The van der Waals surface area contributed by atoms with Gasteiger partial charge in [-0.1, -0.05) is 0 Å². The summed E-state index contributed by atoms with van der Waals surface area (Å²) >= 11 is 2.18. The number of hydrogen-bond donors (Lipinski definition) is 0. The van der Waals surface area contributed by atoms with Crippen molar-refractivity contribution in [2.75, 3.05) is 24.5 Å². The Morgan fingerprint density at radius 3 is 2.48 bits per heavy atom. The highest BCUT2D eigenvalue weighted by Crippen LogP contribution is 2.18. The lowest BCUT2D eigenvalue weighted by molar-refractivity contribution is 0.0218. The van der Waals surface area contributed by atoms with Crippen molar-refractivity contribution in [2.45, 2.75) is 39.3 Å². The van der Waals surface area contributed by atoms with Crippen LogP contribution in [0.2, 0.25) is 0 Å². The predicted octanol–water partition coefficient (Wildman–Crippen LogP) is 2.53. The molecule has 1 fully saturated rings. The van der Waals surface area contributed by atoms with Crippen LogP contribution in [0.3, 0.4) is 0 Å². The second-order valence-corrected chi connectivity index (χ2v) is 7.42. The second-order valence-electron chi connectivity index (χ2n) is 6.17. The highest BCUT2D eigenvalue weighted by molar-refractivity contribution is 14.1. The molecule has 1 amide bonds. The standard InChI is InChI=1S/C14H21IN4O2/c1-10-9-18(13(20)21-14(2,3)4)5-6-19(10)12-16-7-11(15)8-17-12/h7-8,10H,5-6,9H2,1-4H3/t10-/m1/s1. The Hall–Kier alpha value is -1.12. The van der Waals surface area contributed by atoms with E-state index < -0.39 is 5.60 Å². The van der Waals surface area contributed by atoms with Crippen molar-refractivity contribution < 1.29 is 9.53 Å². The first-order valence-corrected chi connectivity index (χ1v) is 8.06. The van der Waals surface area contributed by atoms with Gasteiger partial charge < -0.3 is 14.5 Å². The van der Waals surface area contributed by atoms with Gasteiger partial charge in [0.2, 0.25) is 5.95 Å². The summed E-state index contributed by atoms with van der Waals surface area (Å²) in [5, 5.41) is 0. The number of ether oxygens (including phenoxy) is 1. The number of rotatable bonds is 1. The van der Waals surface area contributed by atoms with E-state index in [1.165, 1.54) is 0 Å². The summed E-state index contributed by atoms with van der Waals surface area (Å²) in [5.41, 5.74) is -0.462. The van der Waals surface area contributed by atoms with Crippen LogP contribution in [0.25, 0.3) is 0 Å². The number of halogens is 1. The molecular formula is C14H21IN4O2. The Morgan fingerprint density at radius 1 is 1.33 bits per heavy atom. The van der Waals surface area contributed by atoms with Crippen molar-refractivity contribution in [3.8, 4) is 0 Å².